The molecule has 4 rings (SSSR count). The van der Waals surface area contributed by atoms with Crippen LogP contribution in [0.15, 0.2) is 48.8 Å². The second kappa shape index (κ2) is 9.55. The van der Waals surface area contributed by atoms with E-state index in [1.54, 1.807) is 25.4 Å². The van der Waals surface area contributed by atoms with E-state index in [1.165, 1.54) is 37.1 Å². The van der Waals surface area contributed by atoms with Crippen molar-refractivity contribution in [3.8, 4) is 11.3 Å². The number of nitrogens with one attached hydrogen (secondary N) is 1. The minimum atomic E-state index is -0.703. The summed E-state index contributed by atoms with van der Waals surface area (Å²) in [5.74, 6) is -0.759. The van der Waals surface area contributed by atoms with Crippen LogP contribution in [0.3, 0.4) is 0 Å². The maximum Gasteiger partial charge on any atom is 0.274 e. The van der Waals surface area contributed by atoms with Gasteiger partial charge in [-0.15, -0.1) is 0 Å². The Morgan fingerprint density at radius 2 is 2.00 bits per heavy atom. The van der Waals surface area contributed by atoms with E-state index in [0.29, 0.717) is 29.5 Å². The molecule has 166 valence electrons. The maximum atomic E-state index is 14.8. The van der Waals surface area contributed by atoms with Crippen LogP contribution in [0.4, 0.5) is 14.5 Å². The average molecular weight is 436 g/mol. The molecule has 0 saturated heterocycles. The summed E-state index contributed by atoms with van der Waals surface area (Å²) in [6.45, 7) is 4.06. The van der Waals surface area contributed by atoms with Crippen molar-refractivity contribution in [1.29, 1.82) is 0 Å². The first-order chi connectivity index (χ1) is 15.5. The number of nitrogens with zero attached hydrogens (tertiary/aromatic N) is 2. The second-order valence-corrected chi connectivity index (χ2v) is 8.54. The first-order valence-electron chi connectivity index (χ1n) is 11.2. The fourth-order valence-corrected chi connectivity index (χ4v) is 4.57. The van der Waals surface area contributed by atoms with Crippen LogP contribution in [0.1, 0.15) is 67.1 Å². The average Bonchev–Trinajstić information content (AvgIpc) is 2.80. The topological polar surface area (TPSA) is 54.9 Å². The van der Waals surface area contributed by atoms with E-state index in [9.17, 15) is 13.6 Å². The smallest absolute Gasteiger partial charge is 0.274 e. The second-order valence-electron chi connectivity index (χ2n) is 8.54. The number of amides is 1. The van der Waals surface area contributed by atoms with Crippen molar-refractivity contribution < 1.29 is 13.6 Å². The SMILES string of the molecule is CCc1ccc(F)c(-c2cccc(C(=O)Nc3cnccc3[C@H]3CCC[C@@H](C)C3)n2)c1F. The van der Waals surface area contributed by atoms with E-state index in [4.69, 9.17) is 0 Å². The molecule has 0 spiro atoms. The van der Waals surface area contributed by atoms with Crippen molar-refractivity contribution in [3.05, 3.63) is 77.2 Å². The van der Waals surface area contributed by atoms with Crippen molar-refractivity contribution in [2.75, 3.05) is 5.32 Å². The Hall–Kier alpha value is -3.15. The molecule has 0 aliphatic heterocycles. The van der Waals surface area contributed by atoms with Gasteiger partial charge in [-0.25, -0.2) is 13.8 Å². The largest absolute Gasteiger partial charge is 0.319 e. The fourth-order valence-electron chi connectivity index (χ4n) is 4.57. The monoisotopic (exact) mass is 435 g/mol. The number of rotatable bonds is 5. The highest BCUT2D eigenvalue weighted by Crippen LogP contribution is 2.38. The summed E-state index contributed by atoms with van der Waals surface area (Å²) in [5, 5.41) is 2.92. The number of anilines is 1. The van der Waals surface area contributed by atoms with Gasteiger partial charge in [-0.3, -0.25) is 9.78 Å². The van der Waals surface area contributed by atoms with Gasteiger partial charge in [-0.1, -0.05) is 38.8 Å². The van der Waals surface area contributed by atoms with Crippen molar-refractivity contribution in [1.82, 2.24) is 9.97 Å². The van der Waals surface area contributed by atoms with Gasteiger partial charge >= 0.3 is 0 Å². The molecule has 2 aromatic heterocycles. The van der Waals surface area contributed by atoms with Gasteiger partial charge in [0.05, 0.1) is 23.1 Å². The maximum absolute atomic E-state index is 14.8. The van der Waals surface area contributed by atoms with E-state index in [0.717, 1.165) is 18.4 Å². The number of hydrogen-bond donors (Lipinski definition) is 1. The zero-order valence-corrected chi connectivity index (χ0v) is 18.4. The Labute approximate surface area is 187 Å². The van der Waals surface area contributed by atoms with Crippen molar-refractivity contribution in [2.24, 2.45) is 5.92 Å². The number of carbonyl (C=O) groups is 1. The van der Waals surface area contributed by atoms with E-state index >= 15 is 0 Å². The van der Waals surface area contributed by atoms with Crippen molar-refractivity contribution >= 4 is 11.6 Å². The minimum Gasteiger partial charge on any atom is -0.319 e. The lowest BCUT2D eigenvalue weighted by molar-refractivity contribution is 0.102. The highest BCUT2D eigenvalue weighted by atomic mass is 19.1. The first kappa shape index (κ1) is 22.1. The molecule has 6 heteroatoms. The Balaban J connectivity index is 1.62. The Morgan fingerprint density at radius 3 is 2.78 bits per heavy atom. The number of carbonyl (C=O) groups excluding carboxylic acids is 1. The number of hydrogen-bond acceptors (Lipinski definition) is 3. The summed E-state index contributed by atoms with van der Waals surface area (Å²) < 4.78 is 29.2. The molecule has 1 N–H and O–H groups in total. The van der Waals surface area contributed by atoms with Crippen LogP contribution < -0.4 is 5.32 Å². The molecule has 2 atom stereocenters. The first-order valence-corrected chi connectivity index (χ1v) is 11.2. The van der Waals surface area contributed by atoms with Crippen molar-refractivity contribution in [3.63, 3.8) is 0 Å². The standard InChI is InChI=1S/C26H27F2N3O/c1-3-17-10-11-20(27)24(25(17)28)21-8-5-9-22(30-21)26(32)31-23-15-29-13-12-19(23)18-7-4-6-16(2)14-18/h5,8-13,15-16,18H,3-4,6-7,14H2,1-2H3,(H,31,32)/t16-,18+/m1/s1. The third-order valence-corrected chi connectivity index (χ3v) is 6.27. The van der Waals surface area contributed by atoms with Gasteiger partial charge in [0.1, 0.15) is 17.3 Å². The molecule has 1 amide bonds. The normalized spacial score (nSPS) is 18.4. The van der Waals surface area contributed by atoms with Crippen LogP contribution in [0, 0.1) is 17.6 Å². The van der Waals surface area contributed by atoms with Crippen LogP contribution in [-0.4, -0.2) is 15.9 Å². The summed E-state index contributed by atoms with van der Waals surface area (Å²) in [4.78, 5) is 21.5. The number of halogens is 2. The summed E-state index contributed by atoms with van der Waals surface area (Å²) in [7, 11) is 0. The quantitative estimate of drug-likeness (QED) is 0.496. The van der Waals surface area contributed by atoms with Crippen LogP contribution in [0.2, 0.25) is 0 Å². The molecular weight excluding hydrogens is 408 g/mol. The molecule has 0 radical (unpaired) electrons. The van der Waals surface area contributed by atoms with Gasteiger partial charge in [0, 0.05) is 6.20 Å². The Morgan fingerprint density at radius 1 is 1.16 bits per heavy atom. The molecule has 1 saturated carbocycles. The van der Waals surface area contributed by atoms with Gasteiger partial charge in [0.25, 0.3) is 5.91 Å². The third kappa shape index (κ3) is 4.54. The Bertz CT molecular complexity index is 1130. The summed E-state index contributed by atoms with van der Waals surface area (Å²) in [6.07, 6.45) is 8.38. The van der Waals surface area contributed by atoms with Gasteiger partial charge in [-0.05, 0) is 66.5 Å². The molecule has 2 heterocycles. The molecule has 1 aliphatic carbocycles. The number of aromatic nitrogens is 2. The zero-order valence-electron chi connectivity index (χ0n) is 18.4. The van der Waals surface area contributed by atoms with Gasteiger partial charge in [0.15, 0.2) is 0 Å². The Kier molecular flexibility index (Phi) is 6.58. The van der Waals surface area contributed by atoms with E-state index in [2.05, 4.69) is 22.2 Å². The predicted molar refractivity (Wildman–Crippen MR) is 122 cm³/mol. The van der Waals surface area contributed by atoms with Crippen LogP contribution in [-0.2, 0) is 6.42 Å². The number of pyridine rings is 2. The fraction of sp³-hybridized carbons (Fsp3) is 0.346. The lowest BCUT2D eigenvalue weighted by Crippen LogP contribution is -2.18. The summed E-state index contributed by atoms with van der Waals surface area (Å²) in [6, 6.07) is 9.26. The molecule has 32 heavy (non-hydrogen) atoms. The third-order valence-electron chi connectivity index (χ3n) is 6.27. The summed E-state index contributed by atoms with van der Waals surface area (Å²) >= 11 is 0. The molecule has 0 bridgehead atoms. The van der Waals surface area contributed by atoms with Crippen LogP contribution in [0.25, 0.3) is 11.3 Å². The molecule has 1 aromatic carbocycles. The molecule has 3 aromatic rings. The van der Waals surface area contributed by atoms with Gasteiger partial charge in [-0.2, -0.15) is 0 Å². The number of aryl methyl sites for hydroxylation is 1. The van der Waals surface area contributed by atoms with Crippen LogP contribution in [0.5, 0.6) is 0 Å². The van der Waals surface area contributed by atoms with E-state index < -0.39 is 17.5 Å². The molecular formula is C26H27F2N3O. The van der Waals surface area contributed by atoms with Crippen molar-refractivity contribution in [2.45, 2.75) is 51.9 Å². The lowest BCUT2D eigenvalue weighted by atomic mass is 9.78. The van der Waals surface area contributed by atoms with E-state index in [1.807, 2.05) is 6.07 Å². The van der Waals surface area contributed by atoms with Gasteiger partial charge < -0.3 is 5.32 Å². The highest BCUT2D eigenvalue weighted by Gasteiger charge is 2.24. The molecule has 0 unspecified atom stereocenters. The molecule has 1 aliphatic rings. The number of benzene rings is 1. The zero-order chi connectivity index (χ0) is 22.7. The molecule has 4 nitrogen and oxygen atoms in total. The minimum absolute atomic E-state index is 0.0926. The molecule has 1 fully saturated rings. The lowest BCUT2D eigenvalue weighted by Gasteiger charge is -2.28. The summed E-state index contributed by atoms with van der Waals surface area (Å²) in [5.41, 5.74) is 2.11. The highest BCUT2D eigenvalue weighted by molar-refractivity contribution is 6.03. The van der Waals surface area contributed by atoms with E-state index in [-0.39, 0.29) is 17.0 Å². The van der Waals surface area contributed by atoms with Gasteiger partial charge in [0.2, 0.25) is 0 Å². The van der Waals surface area contributed by atoms with Crippen LogP contribution >= 0.6 is 0 Å². The predicted octanol–water partition coefficient (Wildman–Crippen LogP) is 6.53.